The maximum Gasteiger partial charge on any atom is 0.0542 e. The lowest BCUT2D eigenvalue weighted by molar-refractivity contribution is 0.0730. The molecule has 0 aromatic heterocycles. The van der Waals surface area contributed by atoms with Gasteiger partial charge in [0.05, 0.1) is 6.54 Å². The molecule has 1 nitrogen and oxygen atoms in total. The summed E-state index contributed by atoms with van der Waals surface area (Å²) in [6, 6.07) is 7.83. The van der Waals surface area contributed by atoms with Gasteiger partial charge in [-0.05, 0) is 25.0 Å². The Bertz CT molecular complexity index is 326. The van der Waals surface area contributed by atoms with Crippen LogP contribution in [-0.4, -0.2) is 11.7 Å². The first kappa shape index (κ1) is 19.5. The standard InChI is InChI=1S/C11H13BrFN.2C2H6/c1-9(2)14(13)8-7-10-5-3-4-6-11(10)12;2*1-2/h3-6H,1,7-8H2,2H3;2*1-2H3. The summed E-state index contributed by atoms with van der Waals surface area (Å²) in [6.07, 6.45) is 0.671. The molecule has 0 atom stereocenters. The first-order chi connectivity index (χ1) is 8.61. The van der Waals surface area contributed by atoms with Gasteiger partial charge in [-0.1, -0.05) is 68.4 Å². The van der Waals surface area contributed by atoms with Crippen molar-refractivity contribution in [2.24, 2.45) is 0 Å². The molecule has 1 aromatic carbocycles. The Kier molecular flexibility index (Phi) is 13.7. The summed E-state index contributed by atoms with van der Waals surface area (Å²) in [5, 5.41) is 0.666. The Hall–Kier alpha value is -0.830. The SMILES string of the molecule is C=C(C)N(F)CCc1ccccc1Br.CC.CC. The highest BCUT2D eigenvalue weighted by molar-refractivity contribution is 9.10. The maximum absolute atomic E-state index is 13.1. The number of benzene rings is 1. The molecule has 0 saturated heterocycles. The maximum atomic E-state index is 13.1. The molecule has 0 N–H and O–H groups in total. The van der Waals surface area contributed by atoms with Gasteiger partial charge in [-0.15, -0.1) is 4.48 Å². The lowest BCUT2D eigenvalue weighted by Crippen LogP contribution is -2.13. The van der Waals surface area contributed by atoms with Crippen LogP contribution in [0.3, 0.4) is 0 Å². The highest BCUT2D eigenvalue weighted by Crippen LogP contribution is 2.17. The van der Waals surface area contributed by atoms with E-state index in [4.69, 9.17) is 0 Å². The summed E-state index contributed by atoms with van der Waals surface area (Å²) in [7, 11) is 0. The van der Waals surface area contributed by atoms with Gasteiger partial charge in [0.25, 0.3) is 0 Å². The van der Waals surface area contributed by atoms with Crippen LogP contribution in [-0.2, 0) is 6.42 Å². The predicted octanol–water partition coefficient (Wildman–Crippen LogP) is 5.76. The molecule has 0 saturated carbocycles. The second kappa shape index (κ2) is 12.6. The molecule has 0 heterocycles. The third kappa shape index (κ3) is 8.29. The fourth-order valence-corrected chi connectivity index (χ4v) is 1.59. The highest BCUT2D eigenvalue weighted by atomic mass is 79.9. The minimum absolute atomic E-state index is 0.345. The molecule has 0 aliphatic heterocycles. The summed E-state index contributed by atoms with van der Waals surface area (Å²) >= 11 is 3.42. The molecule has 0 bridgehead atoms. The third-order valence-electron chi connectivity index (χ3n) is 1.95. The van der Waals surface area contributed by atoms with Crippen LogP contribution in [0.4, 0.5) is 4.48 Å². The van der Waals surface area contributed by atoms with Gasteiger partial charge in [0.15, 0.2) is 0 Å². The monoisotopic (exact) mass is 317 g/mol. The van der Waals surface area contributed by atoms with E-state index in [-0.39, 0.29) is 0 Å². The minimum atomic E-state index is 0.345. The Morgan fingerprint density at radius 1 is 1.22 bits per heavy atom. The fourth-order valence-electron chi connectivity index (χ4n) is 1.11. The van der Waals surface area contributed by atoms with Gasteiger partial charge in [0.1, 0.15) is 0 Å². The lowest BCUT2D eigenvalue weighted by Gasteiger charge is -2.13. The van der Waals surface area contributed by atoms with Gasteiger partial charge >= 0.3 is 0 Å². The molecular weight excluding hydrogens is 293 g/mol. The molecule has 1 rings (SSSR count). The number of hydrogen-bond donors (Lipinski definition) is 0. The van der Waals surface area contributed by atoms with Crippen molar-refractivity contribution in [2.75, 3.05) is 6.54 Å². The van der Waals surface area contributed by atoms with Crippen LogP contribution in [0.25, 0.3) is 0 Å². The zero-order chi connectivity index (χ0) is 14.6. The summed E-state index contributed by atoms with van der Waals surface area (Å²) < 4.78 is 14.1. The predicted molar refractivity (Wildman–Crippen MR) is 83.2 cm³/mol. The zero-order valence-electron chi connectivity index (χ0n) is 12.1. The van der Waals surface area contributed by atoms with E-state index >= 15 is 0 Å². The molecule has 0 aliphatic rings. The molecule has 0 radical (unpaired) electrons. The second-order valence-electron chi connectivity index (χ2n) is 3.16. The van der Waals surface area contributed by atoms with Gasteiger partial charge in [0, 0.05) is 10.2 Å². The van der Waals surface area contributed by atoms with Gasteiger partial charge in [-0.25, -0.2) is 5.12 Å². The van der Waals surface area contributed by atoms with E-state index in [0.717, 1.165) is 10.0 Å². The average Bonchev–Trinajstić information content (AvgIpc) is 2.42. The lowest BCUT2D eigenvalue weighted by atomic mass is 10.1. The molecule has 0 spiro atoms. The molecule has 18 heavy (non-hydrogen) atoms. The summed E-state index contributed by atoms with van der Waals surface area (Å²) in [4.78, 5) is 0. The van der Waals surface area contributed by atoms with Gasteiger partial charge in [-0.3, -0.25) is 0 Å². The van der Waals surface area contributed by atoms with Crippen LogP contribution in [0.5, 0.6) is 0 Å². The van der Waals surface area contributed by atoms with Crippen molar-refractivity contribution >= 4 is 15.9 Å². The van der Waals surface area contributed by atoms with E-state index in [2.05, 4.69) is 22.5 Å². The molecule has 1 aromatic rings. The van der Waals surface area contributed by atoms with Crippen molar-refractivity contribution in [1.29, 1.82) is 0 Å². The van der Waals surface area contributed by atoms with E-state index in [1.54, 1.807) is 6.92 Å². The van der Waals surface area contributed by atoms with E-state index in [9.17, 15) is 4.48 Å². The molecule has 3 heteroatoms. The third-order valence-corrected chi connectivity index (χ3v) is 2.72. The molecule has 0 amide bonds. The van der Waals surface area contributed by atoms with Crippen LogP contribution < -0.4 is 0 Å². The number of hydrogen-bond acceptors (Lipinski definition) is 1. The van der Waals surface area contributed by atoms with Gasteiger partial charge in [0.2, 0.25) is 0 Å². The summed E-state index contributed by atoms with van der Waals surface area (Å²) in [5.74, 6) is 0. The number of rotatable bonds is 4. The number of nitrogens with zero attached hydrogens (tertiary/aromatic N) is 1. The Morgan fingerprint density at radius 3 is 2.17 bits per heavy atom. The van der Waals surface area contributed by atoms with E-state index in [1.807, 2.05) is 52.0 Å². The highest BCUT2D eigenvalue weighted by Gasteiger charge is 2.03. The topological polar surface area (TPSA) is 3.24 Å². The van der Waals surface area contributed by atoms with Gasteiger partial charge in [-0.2, -0.15) is 0 Å². The van der Waals surface area contributed by atoms with Crippen LogP contribution in [0.15, 0.2) is 41.0 Å². The normalized spacial score (nSPS) is 8.39. The number of halogens is 2. The molecule has 0 fully saturated rings. The van der Waals surface area contributed by atoms with Crippen LogP contribution in [0, 0.1) is 0 Å². The van der Waals surface area contributed by atoms with Crippen molar-refractivity contribution in [3.05, 3.63) is 46.6 Å². The van der Waals surface area contributed by atoms with Crippen LogP contribution in [0.2, 0.25) is 0 Å². The average molecular weight is 318 g/mol. The van der Waals surface area contributed by atoms with Gasteiger partial charge < -0.3 is 0 Å². The quantitative estimate of drug-likeness (QED) is 0.638. The van der Waals surface area contributed by atoms with Crippen LogP contribution in [0.1, 0.15) is 40.2 Å². The van der Waals surface area contributed by atoms with Crippen molar-refractivity contribution in [3.8, 4) is 0 Å². The van der Waals surface area contributed by atoms with Crippen molar-refractivity contribution in [2.45, 2.75) is 41.0 Å². The first-order valence-corrected chi connectivity index (χ1v) is 7.23. The number of allylic oxidation sites excluding steroid dienone is 1. The van der Waals surface area contributed by atoms with E-state index < -0.39 is 0 Å². The first-order valence-electron chi connectivity index (χ1n) is 6.43. The Balaban J connectivity index is 0. The molecular formula is C15H25BrFN. The second-order valence-corrected chi connectivity index (χ2v) is 4.02. The summed E-state index contributed by atoms with van der Waals surface area (Å²) in [5.41, 5.74) is 1.55. The fraction of sp³-hybridized carbons (Fsp3) is 0.467. The Labute approximate surface area is 120 Å². The largest absolute Gasteiger partial charge is 0.216 e. The smallest absolute Gasteiger partial charge is 0.0542 e. The van der Waals surface area contributed by atoms with Crippen molar-refractivity contribution in [3.63, 3.8) is 0 Å². The molecule has 0 unspecified atom stereocenters. The Morgan fingerprint density at radius 2 is 1.72 bits per heavy atom. The van der Waals surface area contributed by atoms with Crippen molar-refractivity contribution in [1.82, 2.24) is 5.12 Å². The van der Waals surface area contributed by atoms with Crippen LogP contribution >= 0.6 is 15.9 Å². The molecule has 104 valence electrons. The molecule has 0 aliphatic carbocycles. The minimum Gasteiger partial charge on any atom is -0.216 e. The zero-order valence-corrected chi connectivity index (χ0v) is 13.7. The van der Waals surface area contributed by atoms with Crippen molar-refractivity contribution < 1.29 is 4.48 Å². The summed E-state index contributed by atoms with van der Waals surface area (Å²) in [6.45, 7) is 13.5. The van der Waals surface area contributed by atoms with E-state index in [1.165, 1.54) is 0 Å². The van der Waals surface area contributed by atoms with E-state index in [0.29, 0.717) is 23.8 Å².